The van der Waals surface area contributed by atoms with Crippen LogP contribution in [0.4, 0.5) is 0 Å². The van der Waals surface area contributed by atoms with Crippen LogP contribution >= 0.6 is 11.3 Å². The smallest absolute Gasteiger partial charge is 0.233 e. The summed E-state index contributed by atoms with van der Waals surface area (Å²) < 4.78 is 2.13. The van der Waals surface area contributed by atoms with Crippen molar-refractivity contribution in [3.05, 3.63) is 77.3 Å². The van der Waals surface area contributed by atoms with Gasteiger partial charge in [0.2, 0.25) is 5.78 Å². The van der Waals surface area contributed by atoms with Gasteiger partial charge in [-0.05, 0) is 36.6 Å². The Morgan fingerprint density at radius 2 is 1.93 bits per heavy atom. The minimum atomic E-state index is 0.00578. The van der Waals surface area contributed by atoms with Gasteiger partial charge in [-0.25, -0.2) is 15.0 Å². The second-order valence-electron chi connectivity index (χ2n) is 7.02. The number of nitrogens with zero attached hydrogens (tertiary/aromatic N) is 5. The van der Waals surface area contributed by atoms with E-state index < -0.39 is 0 Å². The molecule has 0 spiro atoms. The van der Waals surface area contributed by atoms with Gasteiger partial charge in [0.1, 0.15) is 0 Å². The molecule has 0 N–H and O–H groups in total. The maximum atomic E-state index is 4.56. The lowest BCUT2D eigenvalue weighted by molar-refractivity contribution is 0.788. The lowest BCUT2D eigenvalue weighted by atomic mass is 9.91. The van der Waals surface area contributed by atoms with Gasteiger partial charge in [0.15, 0.2) is 0 Å². The highest BCUT2D eigenvalue weighted by atomic mass is 32.1. The standard InChI is InChI=1S/C21H15N5S/c1-2-14-8-16(3-4-17(14)22-7-1)21(5-6-21)19-10-24-20-23-9-15(11-26(19)20)18-12-27-13-25-18/h1-4,7-13H,5-6H2. The maximum Gasteiger partial charge on any atom is 0.233 e. The van der Waals surface area contributed by atoms with Gasteiger partial charge in [-0.15, -0.1) is 11.3 Å². The molecule has 27 heavy (non-hydrogen) atoms. The average Bonchev–Trinajstić information content (AvgIpc) is 3.15. The lowest BCUT2D eigenvalue weighted by Gasteiger charge is -2.16. The van der Waals surface area contributed by atoms with Crippen LogP contribution in [0.5, 0.6) is 0 Å². The molecule has 6 heteroatoms. The molecular formula is C21H15N5S. The van der Waals surface area contributed by atoms with Crippen molar-refractivity contribution in [1.29, 1.82) is 0 Å². The number of rotatable bonds is 3. The molecule has 1 aromatic carbocycles. The van der Waals surface area contributed by atoms with Gasteiger partial charge >= 0.3 is 0 Å². The Balaban J connectivity index is 1.52. The summed E-state index contributed by atoms with van der Waals surface area (Å²) in [4.78, 5) is 18.0. The molecular weight excluding hydrogens is 354 g/mol. The molecule has 1 saturated carbocycles. The first-order valence-electron chi connectivity index (χ1n) is 8.91. The number of hydrogen-bond acceptors (Lipinski definition) is 5. The zero-order valence-corrected chi connectivity index (χ0v) is 15.2. The van der Waals surface area contributed by atoms with E-state index in [2.05, 4.69) is 54.8 Å². The highest BCUT2D eigenvalue weighted by Gasteiger charge is 2.48. The van der Waals surface area contributed by atoms with E-state index in [0.29, 0.717) is 0 Å². The second kappa shape index (κ2) is 5.44. The third-order valence-corrected chi connectivity index (χ3v) is 6.08. The normalized spacial score (nSPS) is 15.4. The fourth-order valence-corrected chi connectivity index (χ4v) is 4.47. The van der Waals surface area contributed by atoms with Crippen molar-refractivity contribution in [2.24, 2.45) is 0 Å². The average molecular weight is 369 g/mol. The number of hydrogen-bond donors (Lipinski definition) is 0. The van der Waals surface area contributed by atoms with Crippen molar-refractivity contribution < 1.29 is 0 Å². The van der Waals surface area contributed by atoms with E-state index in [9.17, 15) is 0 Å². The van der Waals surface area contributed by atoms with E-state index >= 15 is 0 Å². The van der Waals surface area contributed by atoms with E-state index in [1.807, 2.05) is 35.5 Å². The quantitative estimate of drug-likeness (QED) is 0.470. The SMILES string of the molecule is c1cnc2ccc(C3(c4cnc5ncc(-c6cscn6)cn45)CC3)cc2c1. The number of fused-ring (bicyclic) bond motifs is 2. The molecule has 0 atom stereocenters. The summed E-state index contributed by atoms with van der Waals surface area (Å²) >= 11 is 1.59. The van der Waals surface area contributed by atoms with Crippen LogP contribution in [-0.2, 0) is 5.41 Å². The number of imidazole rings is 1. The van der Waals surface area contributed by atoms with Crippen molar-refractivity contribution in [3.8, 4) is 11.3 Å². The summed E-state index contributed by atoms with van der Waals surface area (Å²) in [7, 11) is 0. The largest absolute Gasteiger partial charge is 0.287 e. The van der Waals surface area contributed by atoms with Gasteiger partial charge in [0.25, 0.3) is 0 Å². The molecule has 6 rings (SSSR count). The summed E-state index contributed by atoms with van der Waals surface area (Å²) in [6.45, 7) is 0. The number of thiazole rings is 1. The number of aromatic nitrogens is 5. The number of benzene rings is 1. The first-order chi connectivity index (χ1) is 13.3. The van der Waals surface area contributed by atoms with E-state index in [1.165, 1.54) is 16.6 Å². The van der Waals surface area contributed by atoms with Crippen LogP contribution in [0.3, 0.4) is 0 Å². The molecule has 0 saturated heterocycles. The maximum absolute atomic E-state index is 4.56. The van der Waals surface area contributed by atoms with Gasteiger partial charge in [0, 0.05) is 40.3 Å². The zero-order valence-electron chi connectivity index (χ0n) is 14.4. The van der Waals surface area contributed by atoms with Crippen molar-refractivity contribution >= 4 is 28.0 Å². The summed E-state index contributed by atoms with van der Waals surface area (Å²) in [5.41, 5.74) is 7.38. The van der Waals surface area contributed by atoms with Crippen LogP contribution in [0.1, 0.15) is 24.1 Å². The molecule has 0 radical (unpaired) electrons. The van der Waals surface area contributed by atoms with Gasteiger partial charge < -0.3 is 0 Å². The predicted molar refractivity (Wildman–Crippen MR) is 106 cm³/mol. The minimum absolute atomic E-state index is 0.00578. The predicted octanol–water partition coefficient (Wildman–Crippen LogP) is 4.48. The zero-order chi connectivity index (χ0) is 17.8. The molecule has 5 aromatic rings. The minimum Gasteiger partial charge on any atom is -0.287 e. The molecule has 0 amide bonds. The second-order valence-corrected chi connectivity index (χ2v) is 7.74. The van der Waals surface area contributed by atoms with Crippen molar-refractivity contribution in [1.82, 2.24) is 24.3 Å². The fourth-order valence-electron chi connectivity index (χ4n) is 3.91. The first-order valence-corrected chi connectivity index (χ1v) is 9.85. The fraction of sp³-hybridized carbons (Fsp3) is 0.143. The molecule has 1 fully saturated rings. The van der Waals surface area contributed by atoms with Crippen LogP contribution in [0, 0.1) is 0 Å². The molecule has 4 aromatic heterocycles. The highest BCUT2D eigenvalue weighted by molar-refractivity contribution is 7.07. The van der Waals surface area contributed by atoms with Crippen molar-refractivity contribution in [2.75, 3.05) is 0 Å². The third-order valence-electron chi connectivity index (χ3n) is 5.49. The highest BCUT2D eigenvalue weighted by Crippen LogP contribution is 2.53. The molecule has 130 valence electrons. The third kappa shape index (κ3) is 2.23. The number of pyridine rings is 1. The monoisotopic (exact) mass is 369 g/mol. The van der Waals surface area contributed by atoms with Crippen LogP contribution in [0.15, 0.2) is 66.0 Å². The molecule has 0 unspecified atom stereocenters. The van der Waals surface area contributed by atoms with Gasteiger partial charge in [-0.1, -0.05) is 12.1 Å². The Kier molecular flexibility index (Phi) is 3.02. The topological polar surface area (TPSA) is 56.0 Å². The Bertz CT molecular complexity index is 1280. The Morgan fingerprint density at radius 1 is 1.00 bits per heavy atom. The molecule has 4 heterocycles. The summed E-state index contributed by atoms with van der Waals surface area (Å²) in [5.74, 6) is 0.734. The molecule has 5 nitrogen and oxygen atoms in total. The van der Waals surface area contributed by atoms with Crippen LogP contribution in [0.2, 0.25) is 0 Å². The van der Waals surface area contributed by atoms with Crippen LogP contribution in [-0.4, -0.2) is 24.3 Å². The van der Waals surface area contributed by atoms with E-state index in [4.69, 9.17) is 0 Å². The summed E-state index contributed by atoms with van der Waals surface area (Å²) in [6, 6.07) is 10.7. The van der Waals surface area contributed by atoms with E-state index in [1.54, 1.807) is 11.3 Å². The molecule has 0 aliphatic heterocycles. The van der Waals surface area contributed by atoms with Gasteiger partial charge in [-0.3, -0.25) is 9.38 Å². The lowest BCUT2D eigenvalue weighted by Crippen LogP contribution is -2.12. The molecule has 0 bridgehead atoms. The first kappa shape index (κ1) is 15.0. The van der Waals surface area contributed by atoms with Crippen molar-refractivity contribution in [2.45, 2.75) is 18.3 Å². The Morgan fingerprint density at radius 3 is 2.78 bits per heavy atom. The van der Waals surface area contributed by atoms with E-state index in [-0.39, 0.29) is 5.41 Å². The van der Waals surface area contributed by atoms with Gasteiger partial charge in [-0.2, -0.15) is 0 Å². The van der Waals surface area contributed by atoms with Crippen LogP contribution < -0.4 is 0 Å². The van der Waals surface area contributed by atoms with Gasteiger partial charge in [0.05, 0.1) is 28.6 Å². The summed E-state index contributed by atoms with van der Waals surface area (Å²) in [5, 5.41) is 3.22. The molecule has 1 aliphatic carbocycles. The Hall–Kier alpha value is -3.12. The Labute approximate surface area is 159 Å². The molecule has 1 aliphatic rings. The van der Waals surface area contributed by atoms with Crippen molar-refractivity contribution in [3.63, 3.8) is 0 Å². The van der Waals surface area contributed by atoms with E-state index in [0.717, 1.165) is 35.4 Å². The van der Waals surface area contributed by atoms with Crippen LogP contribution in [0.25, 0.3) is 27.9 Å². The summed E-state index contributed by atoms with van der Waals surface area (Å²) in [6.07, 6.45) is 10.0.